The highest BCUT2D eigenvalue weighted by molar-refractivity contribution is 7.98. The molecule has 7 heteroatoms. The molecule has 0 aliphatic heterocycles. The van der Waals surface area contributed by atoms with Crippen molar-refractivity contribution in [2.24, 2.45) is 0 Å². The molecule has 0 saturated carbocycles. The number of benzene rings is 2. The quantitative estimate of drug-likeness (QED) is 0.628. The third-order valence-corrected chi connectivity index (χ3v) is 5.46. The molecular weight excluding hydrogens is 384 g/mol. The molecule has 0 saturated heterocycles. The van der Waals surface area contributed by atoms with Gasteiger partial charge in [-0.15, -0.1) is 0 Å². The number of anilines is 1. The number of nitrogens with zero attached hydrogens (tertiary/aromatic N) is 3. The van der Waals surface area contributed by atoms with Crippen LogP contribution in [0.4, 0.5) is 5.69 Å². The van der Waals surface area contributed by atoms with E-state index in [0.29, 0.717) is 5.56 Å². The van der Waals surface area contributed by atoms with Crippen molar-refractivity contribution >= 4 is 29.3 Å². The van der Waals surface area contributed by atoms with Crippen LogP contribution in [-0.4, -0.2) is 46.1 Å². The lowest BCUT2D eigenvalue weighted by molar-refractivity contribution is -0.116. The number of carbonyl (C=O) groups excluding carboxylic acids is 2. The van der Waals surface area contributed by atoms with E-state index < -0.39 is 0 Å². The Bertz CT molecular complexity index is 1030. The number of aromatic nitrogens is 2. The molecule has 6 nitrogen and oxygen atoms in total. The van der Waals surface area contributed by atoms with Crippen molar-refractivity contribution in [1.29, 1.82) is 0 Å². The van der Waals surface area contributed by atoms with Gasteiger partial charge >= 0.3 is 0 Å². The first kappa shape index (κ1) is 20.7. The van der Waals surface area contributed by atoms with Crippen LogP contribution < -0.4 is 5.32 Å². The summed E-state index contributed by atoms with van der Waals surface area (Å²) in [6.07, 6.45) is 5.59. The highest BCUT2D eigenvalue weighted by atomic mass is 32.2. The maximum atomic E-state index is 12.7. The Kier molecular flexibility index (Phi) is 6.39. The molecule has 0 spiro atoms. The van der Waals surface area contributed by atoms with Crippen molar-refractivity contribution in [3.8, 4) is 5.69 Å². The predicted molar refractivity (Wildman–Crippen MR) is 117 cm³/mol. The Morgan fingerprint density at radius 2 is 1.86 bits per heavy atom. The maximum absolute atomic E-state index is 12.7. The molecule has 2 aromatic carbocycles. The number of hydrogen-bond acceptors (Lipinski definition) is 4. The monoisotopic (exact) mass is 408 g/mol. The molecule has 3 rings (SSSR count). The summed E-state index contributed by atoms with van der Waals surface area (Å²) < 4.78 is 1.96. The molecule has 0 aliphatic rings. The minimum atomic E-state index is -0.228. The molecule has 0 unspecified atom stereocenters. The number of nitrogens with one attached hydrogen (secondary N) is 1. The van der Waals surface area contributed by atoms with Gasteiger partial charge in [0, 0.05) is 36.4 Å². The van der Waals surface area contributed by atoms with Gasteiger partial charge in [-0.1, -0.05) is 23.9 Å². The van der Waals surface area contributed by atoms with Crippen LogP contribution in [0.15, 0.2) is 60.0 Å². The summed E-state index contributed by atoms with van der Waals surface area (Å²) in [6, 6.07) is 13.0. The Labute approximate surface area is 174 Å². The summed E-state index contributed by atoms with van der Waals surface area (Å²) >= 11 is 1.55. The number of carbonyl (C=O) groups is 2. The molecule has 1 heterocycles. The van der Waals surface area contributed by atoms with Crippen LogP contribution in [0.1, 0.15) is 21.5 Å². The van der Waals surface area contributed by atoms with E-state index in [1.54, 1.807) is 37.1 Å². The van der Waals surface area contributed by atoms with E-state index in [1.165, 1.54) is 4.90 Å². The molecule has 0 radical (unpaired) electrons. The number of rotatable bonds is 6. The lowest BCUT2D eigenvalue weighted by Gasteiger charge is -2.18. The van der Waals surface area contributed by atoms with Gasteiger partial charge in [0.2, 0.25) is 5.91 Å². The fourth-order valence-electron chi connectivity index (χ4n) is 2.99. The van der Waals surface area contributed by atoms with Gasteiger partial charge < -0.3 is 10.2 Å². The largest absolute Gasteiger partial charge is 0.332 e. The highest BCUT2D eigenvalue weighted by Gasteiger charge is 2.16. The molecule has 150 valence electrons. The minimum Gasteiger partial charge on any atom is -0.332 e. The smallest absolute Gasteiger partial charge is 0.254 e. The summed E-state index contributed by atoms with van der Waals surface area (Å²) in [5.74, 6) is -0.433. The number of imidazole rings is 1. The standard InChI is InChI=1S/C22H24N4O2S/c1-15-6-5-7-19(16(15)2)24-20(27)14-25(3)21(28)17-8-10-18(11-9-17)26-13-12-23-22(26)29-4/h5-13H,14H2,1-4H3,(H,24,27). The number of amides is 2. The molecule has 1 N–H and O–H groups in total. The van der Waals surface area contributed by atoms with Crippen molar-refractivity contribution in [3.63, 3.8) is 0 Å². The van der Waals surface area contributed by atoms with Crippen molar-refractivity contribution in [3.05, 3.63) is 71.5 Å². The van der Waals surface area contributed by atoms with Crippen LogP contribution in [0.2, 0.25) is 0 Å². The zero-order chi connectivity index (χ0) is 21.0. The van der Waals surface area contributed by atoms with E-state index in [2.05, 4.69) is 10.3 Å². The Morgan fingerprint density at radius 1 is 1.14 bits per heavy atom. The molecule has 0 atom stereocenters. The van der Waals surface area contributed by atoms with E-state index in [9.17, 15) is 9.59 Å². The van der Waals surface area contributed by atoms with Gasteiger partial charge in [-0.2, -0.15) is 0 Å². The van der Waals surface area contributed by atoms with Crippen molar-refractivity contribution in [2.45, 2.75) is 19.0 Å². The molecule has 1 aromatic heterocycles. The van der Waals surface area contributed by atoms with E-state index in [-0.39, 0.29) is 18.4 Å². The number of thioether (sulfide) groups is 1. The van der Waals surface area contributed by atoms with Crippen molar-refractivity contribution in [1.82, 2.24) is 14.5 Å². The lowest BCUT2D eigenvalue weighted by atomic mass is 10.1. The van der Waals surface area contributed by atoms with Gasteiger partial charge in [0.05, 0.1) is 6.54 Å². The van der Waals surface area contributed by atoms with Gasteiger partial charge in [0.1, 0.15) is 0 Å². The summed E-state index contributed by atoms with van der Waals surface area (Å²) in [4.78, 5) is 30.8. The third-order valence-electron chi connectivity index (χ3n) is 4.79. The first-order valence-corrected chi connectivity index (χ1v) is 10.4. The average molecular weight is 409 g/mol. The van der Waals surface area contributed by atoms with Crippen molar-refractivity contribution < 1.29 is 9.59 Å². The van der Waals surface area contributed by atoms with Crippen LogP contribution >= 0.6 is 11.8 Å². The molecular formula is C22H24N4O2S. The fraction of sp³-hybridized carbons (Fsp3) is 0.227. The van der Waals surface area contributed by atoms with Crippen LogP contribution in [0.25, 0.3) is 5.69 Å². The Morgan fingerprint density at radius 3 is 2.55 bits per heavy atom. The number of aryl methyl sites for hydroxylation is 1. The SMILES string of the molecule is CSc1nccn1-c1ccc(C(=O)N(C)CC(=O)Nc2cccc(C)c2C)cc1. The summed E-state index contributed by atoms with van der Waals surface area (Å²) in [6.45, 7) is 3.94. The normalized spacial score (nSPS) is 10.6. The van der Waals surface area contributed by atoms with E-state index >= 15 is 0 Å². The average Bonchev–Trinajstić information content (AvgIpc) is 3.20. The second-order valence-corrected chi connectivity index (χ2v) is 7.56. The van der Waals surface area contributed by atoms with Crippen LogP contribution in [-0.2, 0) is 4.79 Å². The van der Waals surface area contributed by atoms with E-state index in [1.807, 2.05) is 61.2 Å². The summed E-state index contributed by atoms with van der Waals surface area (Å²) in [5.41, 5.74) is 4.36. The van der Waals surface area contributed by atoms with Gasteiger partial charge in [0.25, 0.3) is 5.91 Å². The van der Waals surface area contributed by atoms with Gasteiger partial charge in [-0.3, -0.25) is 14.2 Å². The molecule has 3 aromatic rings. The van der Waals surface area contributed by atoms with Gasteiger partial charge in [0.15, 0.2) is 5.16 Å². The van der Waals surface area contributed by atoms with Crippen molar-refractivity contribution in [2.75, 3.05) is 25.2 Å². The molecule has 0 fully saturated rings. The van der Waals surface area contributed by atoms with Crippen LogP contribution in [0, 0.1) is 13.8 Å². The second-order valence-electron chi connectivity index (χ2n) is 6.79. The molecule has 0 aliphatic carbocycles. The maximum Gasteiger partial charge on any atom is 0.254 e. The first-order chi connectivity index (χ1) is 13.9. The highest BCUT2D eigenvalue weighted by Crippen LogP contribution is 2.19. The van der Waals surface area contributed by atoms with E-state index in [0.717, 1.165) is 27.7 Å². The predicted octanol–water partition coefficient (Wildman–Crippen LogP) is 3.92. The van der Waals surface area contributed by atoms with Gasteiger partial charge in [-0.25, -0.2) is 4.98 Å². The lowest BCUT2D eigenvalue weighted by Crippen LogP contribution is -2.35. The summed E-state index contributed by atoms with van der Waals surface area (Å²) in [5, 5.41) is 3.76. The number of likely N-dealkylation sites (N-methyl/N-ethyl adjacent to an activating group) is 1. The zero-order valence-electron chi connectivity index (χ0n) is 17.0. The molecule has 29 heavy (non-hydrogen) atoms. The Hall–Kier alpha value is -3.06. The topological polar surface area (TPSA) is 67.2 Å². The second kappa shape index (κ2) is 8.96. The molecule has 2 amide bonds. The third kappa shape index (κ3) is 4.68. The van der Waals surface area contributed by atoms with Gasteiger partial charge in [-0.05, 0) is 61.6 Å². The number of hydrogen-bond donors (Lipinski definition) is 1. The van der Waals surface area contributed by atoms with E-state index in [4.69, 9.17) is 0 Å². The fourth-order valence-corrected chi connectivity index (χ4v) is 3.51. The molecule has 0 bridgehead atoms. The van der Waals surface area contributed by atoms with Crippen LogP contribution in [0.3, 0.4) is 0 Å². The minimum absolute atomic E-state index is 0.0217. The van der Waals surface area contributed by atoms with Crippen LogP contribution in [0.5, 0.6) is 0 Å². The first-order valence-electron chi connectivity index (χ1n) is 9.20. The zero-order valence-corrected chi connectivity index (χ0v) is 17.8. The Balaban J connectivity index is 1.65. The summed E-state index contributed by atoms with van der Waals surface area (Å²) in [7, 11) is 1.63.